The number of likely N-dealkylation sites (N-methyl/N-ethyl adjacent to an activating group) is 1. The van der Waals surface area contributed by atoms with Gasteiger partial charge in [0.15, 0.2) is 0 Å². The highest BCUT2D eigenvalue weighted by Gasteiger charge is 2.10. The standard InChI is InChI=1S/C9H13N3O/c1-4-5-11-9(13)7-12(3)8(2)6-10/h1,8H,5,7H2,2-3H3,(H,11,13). The molecule has 13 heavy (non-hydrogen) atoms. The van der Waals surface area contributed by atoms with Gasteiger partial charge in [-0.1, -0.05) is 5.92 Å². The van der Waals surface area contributed by atoms with Gasteiger partial charge in [-0.3, -0.25) is 9.69 Å². The van der Waals surface area contributed by atoms with Crippen LogP contribution in [0.3, 0.4) is 0 Å². The van der Waals surface area contributed by atoms with Crippen molar-refractivity contribution < 1.29 is 4.79 Å². The lowest BCUT2D eigenvalue weighted by molar-refractivity contribution is -0.121. The van der Waals surface area contributed by atoms with Gasteiger partial charge in [0.25, 0.3) is 0 Å². The minimum Gasteiger partial charge on any atom is -0.344 e. The number of carbonyl (C=O) groups is 1. The van der Waals surface area contributed by atoms with E-state index in [2.05, 4.69) is 11.2 Å². The molecule has 0 aromatic carbocycles. The molecule has 0 spiro atoms. The Bertz CT molecular complexity index is 249. The highest BCUT2D eigenvalue weighted by molar-refractivity contribution is 5.78. The third kappa shape index (κ3) is 4.84. The maximum Gasteiger partial charge on any atom is 0.234 e. The topological polar surface area (TPSA) is 56.1 Å². The van der Waals surface area contributed by atoms with Gasteiger partial charge >= 0.3 is 0 Å². The number of nitrogens with zero attached hydrogens (tertiary/aromatic N) is 2. The van der Waals surface area contributed by atoms with E-state index in [1.807, 2.05) is 6.07 Å². The predicted molar refractivity (Wildman–Crippen MR) is 49.5 cm³/mol. The van der Waals surface area contributed by atoms with Gasteiger partial charge in [0.1, 0.15) is 0 Å². The third-order valence-electron chi connectivity index (χ3n) is 1.63. The molecule has 4 nitrogen and oxygen atoms in total. The fourth-order valence-electron chi connectivity index (χ4n) is 0.668. The molecule has 1 atom stereocenters. The van der Waals surface area contributed by atoms with Crippen molar-refractivity contribution in [3.63, 3.8) is 0 Å². The molecule has 0 bridgehead atoms. The van der Waals surface area contributed by atoms with Crippen LogP contribution in [0, 0.1) is 23.7 Å². The number of amides is 1. The summed E-state index contributed by atoms with van der Waals surface area (Å²) in [6.45, 7) is 2.15. The van der Waals surface area contributed by atoms with E-state index in [1.165, 1.54) is 0 Å². The fourth-order valence-corrected chi connectivity index (χ4v) is 0.668. The molecule has 0 radical (unpaired) electrons. The molecule has 70 valence electrons. The maximum absolute atomic E-state index is 11.1. The van der Waals surface area contributed by atoms with Crippen molar-refractivity contribution in [2.45, 2.75) is 13.0 Å². The van der Waals surface area contributed by atoms with Crippen molar-refractivity contribution in [2.24, 2.45) is 0 Å². The van der Waals surface area contributed by atoms with Crippen molar-refractivity contribution in [3.05, 3.63) is 0 Å². The van der Waals surface area contributed by atoms with Crippen LogP contribution in [0.5, 0.6) is 0 Å². The number of nitrogens with one attached hydrogen (secondary N) is 1. The lowest BCUT2D eigenvalue weighted by Crippen LogP contribution is -2.38. The summed E-state index contributed by atoms with van der Waals surface area (Å²) in [6.07, 6.45) is 4.96. The molecule has 0 aromatic rings. The maximum atomic E-state index is 11.1. The van der Waals surface area contributed by atoms with E-state index < -0.39 is 0 Å². The Balaban J connectivity index is 3.81. The van der Waals surface area contributed by atoms with Gasteiger partial charge in [-0.05, 0) is 14.0 Å². The van der Waals surface area contributed by atoms with Gasteiger partial charge in [-0.25, -0.2) is 0 Å². The molecule has 1 unspecified atom stereocenters. The molecule has 0 aliphatic rings. The Morgan fingerprint density at radius 2 is 2.38 bits per heavy atom. The summed E-state index contributed by atoms with van der Waals surface area (Å²) in [5.74, 6) is 2.14. The van der Waals surface area contributed by atoms with E-state index in [4.69, 9.17) is 11.7 Å². The fraction of sp³-hybridized carbons (Fsp3) is 0.556. The molecular formula is C9H13N3O. The number of carbonyl (C=O) groups excluding carboxylic acids is 1. The van der Waals surface area contributed by atoms with E-state index >= 15 is 0 Å². The lowest BCUT2D eigenvalue weighted by atomic mass is 10.3. The molecule has 0 rings (SSSR count). The number of hydrogen-bond acceptors (Lipinski definition) is 3. The smallest absolute Gasteiger partial charge is 0.234 e. The molecule has 1 N–H and O–H groups in total. The van der Waals surface area contributed by atoms with Crippen molar-refractivity contribution in [3.8, 4) is 18.4 Å². The first kappa shape index (κ1) is 11.5. The second kappa shape index (κ2) is 6.05. The van der Waals surface area contributed by atoms with Crippen molar-refractivity contribution in [1.29, 1.82) is 5.26 Å². The quantitative estimate of drug-likeness (QED) is 0.596. The summed E-state index contributed by atoms with van der Waals surface area (Å²) in [4.78, 5) is 12.7. The Morgan fingerprint density at radius 3 is 2.85 bits per heavy atom. The van der Waals surface area contributed by atoms with Crippen LogP contribution >= 0.6 is 0 Å². The second-order valence-electron chi connectivity index (χ2n) is 2.70. The Morgan fingerprint density at radius 1 is 1.77 bits per heavy atom. The molecule has 0 saturated heterocycles. The van der Waals surface area contributed by atoms with Crippen molar-refractivity contribution in [1.82, 2.24) is 10.2 Å². The minimum atomic E-state index is -0.267. The van der Waals surface area contributed by atoms with E-state index in [9.17, 15) is 4.79 Å². The molecule has 1 amide bonds. The lowest BCUT2D eigenvalue weighted by Gasteiger charge is -2.17. The van der Waals surface area contributed by atoms with E-state index in [1.54, 1.807) is 18.9 Å². The van der Waals surface area contributed by atoms with Crippen LogP contribution in [-0.2, 0) is 4.79 Å². The number of nitriles is 1. The van der Waals surface area contributed by atoms with Gasteiger partial charge in [-0.15, -0.1) is 6.42 Å². The van der Waals surface area contributed by atoms with Crippen LogP contribution in [-0.4, -0.2) is 37.0 Å². The Kier molecular flexibility index (Phi) is 5.34. The second-order valence-corrected chi connectivity index (χ2v) is 2.70. The van der Waals surface area contributed by atoms with Crippen molar-refractivity contribution in [2.75, 3.05) is 20.1 Å². The van der Waals surface area contributed by atoms with Crippen LogP contribution in [0.1, 0.15) is 6.92 Å². The molecule has 4 heteroatoms. The summed E-state index contributed by atoms with van der Waals surface area (Å²) >= 11 is 0. The number of terminal acetylenes is 1. The predicted octanol–water partition coefficient (Wildman–Crippen LogP) is -0.420. The van der Waals surface area contributed by atoms with E-state index in [0.29, 0.717) is 0 Å². The summed E-state index contributed by atoms with van der Waals surface area (Å²) in [5, 5.41) is 11.1. The van der Waals surface area contributed by atoms with Crippen LogP contribution in [0.4, 0.5) is 0 Å². The van der Waals surface area contributed by atoms with Gasteiger partial charge in [0, 0.05) is 0 Å². The average molecular weight is 179 g/mol. The van der Waals surface area contributed by atoms with Gasteiger partial charge in [-0.2, -0.15) is 5.26 Å². The summed E-state index contributed by atoms with van der Waals surface area (Å²) in [7, 11) is 1.71. The van der Waals surface area contributed by atoms with Crippen molar-refractivity contribution >= 4 is 5.91 Å². The first-order valence-corrected chi connectivity index (χ1v) is 3.91. The molecule has 0 aliphatic carbocycles. The zero-order valence-electron chi connectivity index (χ0n) is 7.87. The SMILES string of the molecule is C#CCNC(=O)CN(C)C(C)C#N. The molecule has 0 heterocycles. The highest BCUT2D eigenvalue weighted by Crippen LogP contribution is 1.91. The van der Waals surface area contributed by atoms with Crippen LogP contribution in [0.15, 0.2) is 0 Å². The molecule has 0 saturated carbocycles. The highest BCUT2D eigenvalue weighted by atomic mass is 16.2. The van der Waals surface area contributed by atoms with Gasteiger partial charge < -0.3 is 5.32 Å². The minimum absolute atomic E-state index is 0.164. The number of hydrogen-bond donors (Lipinski definition) is 1. The van der Waals surface area contributed by atoms with Gasteiger partial charge in [0.05, 0.1) is 25.2 Å². The zero-order chi connectivity index (χ0) is 10.3. The van der Waals surface area contributed by atoms with E-state index in [-0.39, 0.29) is 25.0 Å². The third-order valence-corrected chi connectivity index (χ3v) is 1.63. The molecule has 0 fully saturated rings. The zero-order valence-corrected chi connectivity index (χ0v) is 7.87. The summed E-state index contributed by atoms with van der Waals surface area (Å²) < 4.78 is 0. The first-order valence-electron chi connectivity index (χ1n) is 3.91. The van der Waals surface area contributed by atoms with Crippen LogP contribution < -0.4 is 5.32 Å². The number of rotatable bonds is 4. The summed E-state index contributed by atoms with van der Waals surface area (Å²) in [5.41, 5.74) is 0. The van der Waals surface area contributed by atoms with E-state index in [0.717, 1.165) is 0 Å². The molecule has 0 aliphatic heterocycles. The normalized spacial score (nSPS) is 11.5. The van der Waals surface area contributed by atoms with Gasteiger partial charge in [0.2, 0.25) is 5.91 Å². The Hall–Kier alpha value is -1.52. The molecular weight excluding hydrogens is 166 g/mol. The average Bonchev–Trinajstić information content (AvgIpc) is 2.13. The first-order chi connectivity index (χ1) is 6.11. The monoisotopic (exact) mass is 179 g/mol. The van der Waals surface area contributed by atoms with Crippen LogP contribution in [0.2, 0.25) is 0 Å². The molecule has 0 aromatic heterocycles. The Labute approximate surface area is 78.5 Å². The summed E-state index contributed by atoms with van der Waals surface area (Å²) in [6, 6.07) is 1.76. The van der Waals surface area contributed by atoms with Crippen LogP contribution in [0.25, 0.3) is 0 Å². The largest absolute Gasteiger partial charge is 0.344 e.